The number of amides is 1. The van der Waals surface area contributed by atoms with E-state index < -0.39 is 0 Å². The molecule has 0 heterocycles. The Morgan fingerprint density at radius 3 is 2.62 bits per heavy atom. The first-order valence-electron chi connectivity index (χ1n) is 4.62. The van der Waals surface area contributed by atoms with E-state index in [1.807, 2.05) is 6.08 Å². The van der Waals surface area contributed by atoms with Crippen molar-refractivity contribution in [1.29, 1.82) is 0 Å². The number of likely N-dealkylation sites (N-methyl/N-ethyl adjacent to an activating group) is 1. The first-order chi connectivity index (χ1) is 6.04. The molecule has 0 aromatic carbocycles. The lowest BCUT2D eigenvalue weighted by atomic mass is 10.2. The second-order valence-electron chi connectivity index (χ2n) is 3.69. The molecule has 0 unspecified atom stereocenters. The lowest BCUT2D eigenvalue weighted by molar-refractivity contribution is -0.123. The van der Waals surface area contributed by atoms with Crippen molar-refractivity contribution >= 4 is 5.91 Å². The van der Waals surface area contributed by atoms with Gasteiger partial charge in [-0.15, -0.1) is 0 Å². The Labute approximate surface area is 82.3 Å². The van der Waals surface area contributed by atoms with E-state index in [0.29, 0.717) is 5.92 Å². The van der Waals surface area contributed by atoms with Crippen molar-refractivity contribution < 1.29 is 6.22 Å². The number of nitrogens with one attached hydrogen (secondary N) is 1. The molecule has 1 N–H and O–H groups in total. The molecule has 0 rings (SSSR count). The monoisotopic (exact) mass is 186 g/mol. The Hall–Kier alpha value is -0.830. The highest BCUT2D eigenvalue weighted by Crippen LogP contribution is 1.86. The summed E-state index contributed by atoms with van der Waals surface area (Å²) in [6.45, 7) is 6.06. The summed E-state index contributed by atoms with van der Waals surface area (Å²) in [5.74, 6) is 0.685. The zero-order valence-electron chi connectivity index (χ0n) is 9.00. The van der Waals surface area contributed by atoms with Crippen LogP contribution in [0.5, 0.6) is 0 Å². The molecule has 0 radical (unpaired) electrons. The summed E-state index contributed by atoms with van der Waals surface area (Å²) in [6.07, 6.45) is 3.44. The molecule has 3 heteroatoms. The van der Waals surface area contributed by atoms with Gasteiger partial charge in [0.1, 0.15) is 0 Å². The van der Waals surface area contributed by atoms with E-state index in [9.17, 15) is 4.79 Å². The second-order valence-corrected chi connectivity index (χ2v) is 3.69. The molecule has 0 aromatic rings. The van der Waals surface area contributed by atoms with Crippen LogP contribution >= 0.6 is 0 Å². The molecule has 0 atom stereocenters. The fourth-order valence-corrected chi connectivity index (χ4v) is 0.764. The predicted octanol–water partition coefficient (Wildman–Crippen LogP) is 1.12. The Morgan fingerprint density at radius 1 is 1.54 bits per heavy atom. The Kier molecular flexibility index (Phi) is 6.24. The molecule has 0 saturated heterocycles. The van der Waals surface area contributed by atoms with Crippen molar-refractivity contribution in [3.05, 3.63) is 12.2 Å². The highest BCUT2D eigenvalue weighted by atomic mass is 16.2. The van der Waals surface area contributed by atoms with E-state index in [1.54, 1.807) is 25.1 Å². The number of carbonyl (C=O) groups is 1. The maximum Gasteiger partial charge on any atom is 0.245 e. The van der Waals surface area contributed by atoms with Gasteiger partial charge in [0.15, 0.2) is 0 Å². The zero-order chi connectivity index (χ0) is 10.3. The van der Waals surface area contributed by atoms with Crippen LogP contribution in [-0.4, -0.2) is 38.0 Å². The van der Waals surface area contributed by atoms with Crippen molar-refractivity contribution in [3.63, 3.8) is 0 Å². The molecule has 1 amide bonds. The molecule has 3 nitrogen and oxygen atoms in total. The maximum absolute atomic E-state index is 11.1. The fourth-order valence-electron chi connectivity index (χ4n) is 0.764. The van der Waals surface area contributed by atoms with Crippen LogP contribution in [0.1, 0.15) is 15.3 Å². The van der Waals surface area contributed by atoms with E-state index in [-0.39, 0.29) is 7.33 Å². The molecule has 0 bridgehead atoms. The van der Waals surface area contributed by atoms with Crippen molar-refractivity contribution in [3.8, 4) is 0 Å². The Morgan fingerprint density at radius 2 is 2.15 bits per heavy atom. The minimum Gasteiger partial charge on any atom is -0.345 e. The minimum absolute atomic E-state index is 0. The number of rotatable bonds is 5. The van der Waals surface area contributed by atoms with Crippen LogP contribution in [0.25, 0.3) is 0 Å². The van der Waals surface area contributed by atoms with Gasteiger partial charge >= 0.3 is 0 Å². The number of carbonyl (C=O) groups excluding carboxylic acids is 1. The van der Waals surface area contributed by atoms with Crippen LogP contribution in [0, 0.1) is 5.92 Å². The molecule has 0 spiro atoms. The first-order valence-corrected chi connectivity index (χ1v) is 4.62. The van der Waals surface area contributed by atoms with Gasteiger partial charge in [-0.1, -0.05) is 19.9 Å². The molecule has 13 heavy (non-hydrogen) atoms. The number of nitrogens with zero attached hydrogens (tertiary/aromatic N) is 1. The van der Waals surface area contributed by atoms with Crippen LogP contribution in [0.2, 0.25) is 0 Å². The zero-order valence-corrected chi connectivity index (χ0v) is 9.00. The van der Waals surface area contributed by atoms with E-state index >= 15 is 0 Å². The molecule has 0 aliphatic rings. The molecule has 0 aliphatic heterocycles. The largest absolute Gasteiger partial charge is 0.345 e. The molecule has 78 valence electrons. The van der Waals surface area contributed by atoms with Gasteiger partial charge < -0.3 is 10.2 Å². The third-order valence-corrected chi connectivity index (χ3v) is 1.52. The van der Waals surface area contributed by atoms with Crippen molar-refractivity contribution in [1.82, 2.24) is 10.2 Å². The maximum atomic E-state index is 11.1. The third-order valence-electron chi connectivity index (χ3n) is 1.52. The molecular weight excluding hydrogens is 164 g/mol. The van der Waals surface area contributed by atoms with Crippen LogP contribution in [-0.2, 0) is 4.79 Å². The van der Waals surface area contributed by atoms with E-state index in [0.717, 1.165) is 13.1 Å². The van der Waals surface area contributed by atoms with Crippen molar-refractivity contribution in [2.75, 3.05) is 27.2 Å². The molecule has 0 saturated carbocycles. The van der Waals surface area contributed by atoms with Gasteiger partial charge in [0.2, 0.25) is 5.91 Å². The second kappa shape index (κ2) is 6.66. The molecule has 0 fully saturated rings. The predicted molar refractivity (Wildman–Crippen MR) is 57.7 cm³/mol. The number of hydrogen-bond acceptors (Lipinski definition) is 2. The van der Waals surface area contributed by atoms with Crippen LogP contribution in [0.15, 0.2) is 12.2 Å². The third kappa shape index (κ3) is 7.53. The lowest BCUT2D eigenvalue weighted by Crippen LogP contribution is -2.21. The Bertz CT molecular complexity index is 179. The van der Waals surface area contributed by atoms with E-state index in [4.69, 9.17) is 0 Å². The average molecular weight is 186 g/mol. The summed E-state index contributed by atoms with van der Waals surface area (Å²) >= 11 is 0. The summed E-state index contributed by atoms with van der Waals surface area (Å²) in [6, 6.07) is 0. The smallest absolute Gasteiger partial charge is 0.245 e. The van der Waals surface area contributed by atoms with Gasteiger partial charge in [-0.25, -0.2) is 0 Å². The van der Waals surface area contributed by atoms with Crippen molar-refractivity contribution in [2.45, 2.75) is 13.8 Å². The summed E-state index contributed by atoms with van der Waals surface area (Å²) in [4.78, 5) is 12.6. The molecule has 0 aromatic heterocycles. The normalized spacial score (nSPS) is 11.2. The Balaban J connectivity index is 0. The first kappa shape index (κ1) is 12.2. The lowest BCUT2D eigenvalue weighted by Gasteiger charge is -2.06. The molecular formula is C10H22N2O. The topological polar surface area (TPSA) is 32.3 Å². The summed E-state index contributed by atoms with van der Waals surface area (Å²) < 4.78 is 0. The highest BCUT2D eigenvalue weighted by Gasteiger charge is 1.95. The number of hydrogen-bond donors (Lipinski definition) is 1. The van der Waals surface area contributed by atoms with Gasteiger partial charge in [-0.2, -0.15) is 0 Å². The van der Waals surface area contributed by atoms with Gasteiger partial charge in [-0.05, 0) is 12.5 Å². The summed E-state index contributed by atoms with van der Waals surface area (Å²) in [7, 11) is 3.49. The summed E-state index contributed by atoms with van der Waals surface area (Å²) in [5.41, 5.74) is 0. The fraction of sp³-hybridized carbons (Fsp3) is 0.700. The van der Waals surface area contributed by atoms with Gasteiger partial charge in [0.05, 0.1) is 0 Å². The van der Waals surface area contributed by atoms with Crippen LogP contribution in [0.3, 0.4) is 0 Å². The van der Waals surface area contributed by atoms with Gasteiger partial charge in [-0.3, -0.25) is 4.79 Å². The summed E-state index contributed by atoms with van der Waals surface area (Å²) in [5, 5.41) is 3.22. The minimum atomic E-state index is 0. The van der Waals surface area contributed by atoms with Gasteiger partial charge in [0.25, 0.3) is 0 Å². The van der Waals surface area contributed by atoms with E-state index in [1.165, 1.54) is 0 Å². The SMILES string of the molecule is CC(C)CNC/C=C/C(=O)N(C)C.[HH]. The average Bonchev–Trinajstić information content (AvgIpc) is 2.02. The standard InChI is InChI=1S/C10H20N2O.H2/c1-9(2)8-11-7-5-6-10(13)12(3)4;/h5-6,9,11H,7-8H2,1-4H3;1H/b6-5+;. The highest BCUT2D eigenvalue weighted by molar-refractivity contribution is 5.87. The van der Waals surface area contributed by atoms with Crippen LogP contribution < -0.4 is 5.32 Å². The van der Waals surface area contributed by atoms with Crippen LogP contribution in [0.4, 0.5) is 0 Å². The van der Waals surface area contributed by atoms with Gasteiger partial charge in [0, 0.05) is 28.1 Å². The van der Waals surface area contributed by atoms with Crippen molar-refractivity contribution in [2.24, 2.45) is 5.92 Å². The quantitative estimate of drug-likeness (QED) is 0.515. The molecule has 0 aliphatic carbocycles. The van der Waals surface area contributed by atoms with E-state index in [2.05, 4.69) is 19.2 Å².